The smallest absolute Gasteiger partial charge is 0.378 e. The van der Waals surface area contributed by atoms with Gasteiger partial charge in [0, 0.05) is 35.8 Å². The number of halogens is 5. The van der Waals surface area contributed by atoms with Crippen LogP contribution in [0.15, 0.2) is 23.9 Å². The second-order valence-corrected chi connectivity index (χ2v) is 9.05. The number of nitrogens with one attached hydrogen (secondary N) is 1. The summed E-state index contributed by atoms with van der Waals surface area (Å²) in [5.41, 5.74) is -3.63. The number of carbonyl (C=O) groups excluding carboxylic acids is 1. The first-order valence-corrected chi connectivity index (χ1v) is 10.7. The van der Waals surface area contributed by atoms with E-state index in [1.807, 2.05) is 0 Å². The van der Waals surface area contributed by atoms with Gasteiger partial charge < -0.3 is 19.5 Å². The molecule has 1 aliphatic rings. The molecule has 35 heavy (non-hydrogen) atoms. The molecule has 0 fully saturated rings. The second kappa shape index (κ2) is 9.67. The lowest BCUT2D eigenvalue weighted by Crippen LogP contribution is -2.41. The molecule has 2 N–H and O–H groups in total. The Hall–Kier alpha value is -2.83. The fourth-order valence-electron chi connectivity index (χ4n) is 4.02. The van der Waals surface area contributed by atoms with Gasteiger partial charge in [-0.05, 0) is 32.0 Å². The van der Waals surface area contributed by atoms with Crippen molar-refractivity contribution < 1.29 is 41.3 Å². The number of amides is 1. The summed E-state index contributed by atoms with van der Waals surface area (Å²) in [7, 11) is 1.26. The maximum absolute atomic E-state index is 14.0. The first kappa shape index (κ1) is 26.8. The van der Waals surface area contributed by atoms with Crippen LogP contribution in [0.3, 0.4) is 0 Å². The quantitative estimate of drug-likeness (QED) is 0.455. The molecule has 1 aliphatic heterocycles. The number of benzene rings is 1. The number of methoxy groups -OCH3 is 1. The standard InChI is InChI=1S/C23H26F5N3O4/c1-11(2)35-21(33)16-15(9-34-5)31(20(32)12-6-7-13(24)14(25)8-12)10-22(3,4)18-17(16)19(30-29-18)23(26,27)28/h6-8,11,21,33H,9-10H2,1-5H3,(H,29,30). The van der Waals surface area contributed by atoms with Crippen LogP contribution in [-0.4, -0.2) is 58.8 Å². The molecule has 0 bridgehead atoms. The molecule has 0 saturated carbocycles. The van der Waals surface area contributed by atoms with E-state index in [0.29, 0.717) is 6.07 Å². The maximum atomic E-state index is 14.0. The van der Waals surface area contributed by atoms with E-state index >= 15 is 0 Å². The van der Waals surface area contributed by atoms with Gasteiger partial charge in [-0.1, -0.05) is 13.8 Å². The van der Waals surface area contributed by atoms with E-state index in [1.54, 1.807) is 27.7 Å². The van der Waals surface area contributed by atoms with Crippen LogP contribution in [0.5, 0.6) is 0 Å². The highest BCUT2D eigenvalue weighted by Gasteiger charge is 2.47. The summed E-state index contributed by atoms with van der Waals surface area (Å²) in [6, 6.07) is 2.53. The van der Waals surface area contributed by atoms with E-state index in [4.69, 9.17) is 9.47 Å². The fraction of sp³-hybridized carbons (Fsp3) is 0.478. The Labute approximate surface area is 198 Å². The van der Waals surface area contributed by atoms with Gasteiger partial charge in [-0.25, -0.2) is 8.78 Å². The Morgan fingerprint density at radius 2 is 1.91 bits per heavy atom. The SMILES string of the molecule is COCC1=C(C(O)OC(C)C)c2c(C(F)(F)F)n[nH]c2C(C)(C)CN1C(=O)c1ccc(F)c(F)c1. The second-order valence-electron chi connectivity index (χ2n) is 9.05. The summed E-state index contributed by atoms with van der Waals surface area (Å²) in [6.45, 7) is 5.71. The van der Waals surface area contributed by atoms with Gasteiger partial charge in [0.1, 0.15) is 0 Å². The number of ether oxygens (including phenoxy) is 2. The zero-order valence-electron chi connectivity index (χ0n) is 19.8. The van der Waals surface area contributed by atoms with Crippen LogP contribution in [0.2, 0.25) is 0 Å². The summed E-state index contributed by atoms with van der Waals surface area (Å²) in [5, 5.41) is 16.8. The van der Waals surface area contributed by atoms with Crippen LogP contribution in [0.1, 0.15) is 55.0 Å². The van der Waals surface area contributed by atoms with Gasteiger partial charge in [-0.15, -0.1) is 0 Å². The molecule has 1 aromatic heterocycles. The number of aromatic nitrogens is 2. The lowest BCUT2D eigenvalue weighted by atomic mass is 9.84. The van der Waals surface area contributed by atoms with Gasteiger partial charge in [0.25, 0.3) is 5.91 Å². The predicted molar refractivity (Wildman–Crippen MR) is 115 cm³/mol. The molecule has 3 rings (SSSR count). The van der Waals surface area contributed by atoms with E-state index in [9.17, 15) is 31.9 Å². The molecule has 0 spiro atoms. The topological polar surface area (TPSA) is 87.7 Å². The lowest BCUT2D eigenvalue weighted by Gasteiger charge is -2.32. The van der Waals surface area contributed by atoms with E-state index in [2.05, 4.69) is 10.2 Å². The number of aliphatic hydroxyl groups is 1. The molecule has 12 heteroatoms. The van der Waals surface area contributed by atoms with Crippen LogP contribution in [0, 0.1) is 11.6 Å². The van der Waals surface area contributed by atoms with Crippen molar-refractivity contribution in [1.29, 1.82) is 0 Å². The van der Waals surface area contributed by atoms with Crippen molar-refractivity contribution in [1.82, 2.24) is 15.1 Å². The average molecular weight is 503 g/mol. The number of carbonyl (C=O) groups is 1. The number of nitrogens with zero attached hydrogens (tertiary/aromatic N) is 2. The number of hydrogen-bond donors (Lipinski definition) is 2. The summed E-state index contributed by atoms with van der Waals surface area (Å²) in [5.74, 6) is -3.26. The van der Waals surface area contributed by atoms with Crippen LogP contribution < -0.4 is 0 Å². The minimum absolute atomic E-state index is 0.0143. The Balaban J connectivity index is 2.35. The third-order valence-corrected chi connectivity index (χ3v) is 5.51. The number of rotatable bonds is 6. The zero-order valence-corrected chi connectivity index (χ0v) is 19.8. The summed E-state index contributed by atoms with van der Waals surface area (Å²) < 4.78 is 80.0. The van der Waals surface area contributed by atoms with Gasteiger partial charge in [0.2, 0.25) is 0 Å². The van der Waals surface area contributed by atoms with Crippen LogP contribution >= 0.6 is 0 Å². The molecule has 192 valence electrons. The van der Waals surface area contributed by atoms with E-state index in [1.165, 1.54) is 7.11 Å². The largest absolute Gasteiger partial charge is 0.435 e. The van der Waals surface area contributed by atoms with Crippen molar-refractivity contribution >= 4 is 11.5 Å². The number of alkyl halides is 3. The minimum atomic E-state index is -4.90. The van der Waals surface area contributed by atoms with Crippen molar-refractivity contribution in [2.45, 2.75) is 51.7 Å². The summed E-state index contributed by atoms with van der Waals surface area (Å²) in [6.07, 6.45) is -7.40. The molecule has 0 saturated heterocycles. The van der Waals surface area contributed by atoms with Crippen molar-refractivity contribution in [2.75, 3.05) is 20.3 Å². The Kier molecular flexibility index (Phi) is 7.39. The highest BCUT2D eigenvalue weighted by molar-refractivity contribution is 5.97. The van der Waals surface area contributed by atoms with E-state index in [0.717, 1.165) is 17.0 Å². The van der Waals surface area contributed by atoms with Gasteiger partial charge >= 0.3 is 6.18 Å². The molecule has 1 unspecified atom stereocenters. The summed E-state index contributed by atoms with van der Waals surface area (Å²) >= 11 is 0. The zero-order chi connectivity index (χ0) is 26.3. The number of aromatic amines is 1. The third-order valence-electron chi connectivity index (χ3n) is 5.51. The average Bonchev–Trinajstić information content (AvgIpc) is 3.15. The molecule has 1 atom stereocenters. The monoisotopic (exact) mass is 503 g/mol. The molecular formula is C23H26F5N3O4. The Morgan fingerprint density at radius 3 is 2.46 bits per heavy atom. The molecular weight excluding hydrogens is 477 g/mol. The van der Waals surface area contributed by atoms with Crippen LogP contribution in [-0.2, 0) is 21.1 Å². The molecule has 7 nitrogen and oxygen atoms in total. The van der Waals surface area contributed by atoms with Gasteiger partial charge in [-0.3, -0.25) is 9.89 Å². The van der Waals surface area contributed by atoms with Crippen LogP contribution in [0.4, 0.5) is 22.0 Å². The first-order valence-electron chi connectivity index (χ1n) is 10.7. The number of fused-ring (bicyclic) bond motifs is 1. The highest BCUT2D eigenvalue weighted by Crippen LogP contribution is 2.44. The molecule has 2 heterocycles. The fourth-order valence-corrected chi connectivity index (χ4v) is 4.02. The first-order chi connectivity index (χ1) is 16.2. The minimum Gasteiger partial charge on any atom is -0.378 e. The van der Waals surface area contributed by atoms with Gasteiger partial charge in [-0.2, -0.15) is 18.3 Å². The number of H-pyrrole nitrogens is 1. The normalized spacial score (nSPS) is 17.0. The van der Waals surface area contributed by atoms with Crippen molar-refractivity contribution in [3.05, 3.63) is 58.0 Å². The Morgan fingerprint density at radius 1 is 1.26 bits per heavy atom. The maximum Gasteiger partial charge on any atom is 0.435 e. The van der Waals surface area contributed by atoms with E-state index in [-0.39, 0.29) is 29.1 Å². The van der Waals surface area contributed by atoms with E-state index < -0.39 is 59.4 Å². The molecule has 0 radical (unpaired) electrons. The number of aliphatic hydroxyl groups excluding tert-OH is 1. The van der Waals surface area contributed by atoms with Gasteiger partial charge in [0.05, 0.1) is 24.1 Å². The van der Waals surface area contributed by atoms with Crippen molar-refractivity contribution in [2.24, 2.45) is 0 Å². The predicted octanol–water partition coefficient (Wildman–Crippen LogP) is 4.24. The van der Waals surface area contributed by atoms with Crippen molar-refractivity contribution in [3.63, 3.8) is 0 Å². The van der Waals surface area contributed by atoms with Gasteiger partial charge in [0.15, 0.2) is 23.6 Å². The number of hydrogen-bond acceptors (Lipinski definition) is 5. The van der Waals surface area contributed by atoms with Crippen LogP contribution in [0.25, 0.3) is 5.57 Å². The molecule has 0 aliphatic carbocycles. The molecule has 1 aromatic carbocycles. The van der Waals surface area contributed by atoms with Crippen molar-refractivity contribution in [3.8, 4) is 0 Å². The lowest BCUT2D eigenvalue weighted by molar-refractivity contribution is -0.141. The molecule has 2 aromatic rings. The Bertz CT molecular complexity index is 1140. The summed E-state index contributed by atoms with van der Waals surface area (Å²) in [4.78, 5) is 14.6. The third kappa shape index (κ3) is 5.24. The molecule has 1 amide bonds. The highest BCUT2D eigenvalue weighted by atomic mass is 19.4.